The molecule has 21 heavy (non-hydrogen) atoms. The van der Waals surface area contributed by atoms with E-state index in [4.69, 9.17) is 4.74 Å². The van der Waals surface area contributed by atoms with E-state index in [9.17, 15) is 0 Å². The zero-order valence-corrected chi connectivity index (χ0v) is 14.2. The van der Waals surface area contributed by atoms with Gasteiger partial charge >= 0.3 is 0 Å². The topological polar surface area (TPSA) is 33.3 Å². The normalized spacial score (nSPS) is 42.1. The summed E-state index contributed by atoms with van der Waals surface area (Å²) in [6.45, 7) is 8.77. The maximum absolute atomic E-state index is 5.83. The van der Waals surface area contributed by atoms with Gasteiger partial charge in [-0.2, -0.15) is 0 Å². The molecule has 3 rings (SSSR count). The van der Waals surface area contributed by atoms with E-state index in [0.29, 0.717) is 18.2 Å². The third-order valence-corrected chi connectivity index (χ3v) is 6.40. The van der Waals surface area contributed by atoms with Crippen molar-refractivity contribution in [3.8, 4) is 0 Å². The van der Waals surface area contributed by atoms with Crippen LogP contribution in [0.2, 0.25) is 0 Å². The second-order valence-corrected chi connectivity index (χ2v) is 8.05. The second-order valence-electron chi connectivity index (χ2n) is 8.05. The molecule has 0 aromatic rings. The molecule has 2 N–H and O–H groups in total. The lowest BCUT2D eigenvalue weighted by Crippen LogP contribution is -2.63. The molecule has 2 saturated carbocycles. The van der Waals surface area contributed by atoms with E-state index < -0.39 is 0 Å². The van der Waals surface area contributed by atoms with E-state index in [1.165, 1.54) is 44.9 Å². The molecular weight excluding hydrogens is 260 g/mol. The summed E-state index contributed by atoms with van der Waals surface area (Å²) in [7, 11) is 0. The number of hydrogen-bond donors (Lipinski definition) is 2. The molecule has 3 fully saturated rings. The van der Waals surface area contributed by atoms with E-state index in [0.717, 1.165) is 25.1 Å². The Morgan fingerprint density at radius 3 is 2.71 bits per heavy atom. The highest BCUT2D eigenvalue weighted by molar-refractivity contribution is 5.03. The minimum absolute atomic E-state index is 0.290. The lowest BCUT2D eigenvalue weighted by atomic mass is 9.64. The van der Waals surface area contributed by atoms with Crippen molar-refractivity contribution in [2.24, 2.45) is 11.3 Å². The number of fused-ring (bicyclic) bond motifs is 1. The van der Waals surface area contributed by atoms with Gasteiger partial charge in [0.25, 0.3) is 0 Å². The fourth-order valence-corrected chi connectivity index (χ4v) is 4.74. The Morgan fingerprint density at radius 1 is 1.14 bits per heavy atom. The van der Waals surface area contributed by atoms with E-state index in [1.54, 1.807) is 0 Å². The smallest absolute Gasteiger partial charge is 0.0655 e. The monoisotopic (exact) mass is 294 g/mol. The second kappa shape index (κ2) is 6.55. The minimum Gasteiger partial charge on any atom is -0.378 e. The van der Waals surface area contributed by atoms with Gasteiger partial charge in [-0.15, -0.1) is 0 Å². The first-order valence-corrected chi connectivity index (χ1v) is 9.22. The van der Waals surface area contributed by atoms with Gasteiger partial charge in [-0.1, -0.05) is 26.7 Å². The molecule has 5 atom stereocenters. The quantitative estimate of drug-likeness (QED) is 0.817. The molecule has 3 heteroatoms. The maximum atomic E-state index is 5.83. The summed E-state index contributed by atoms with van der Waals surface area (Å²) in [4.78, 5) is 0. The lowest BCUT2D eigenvalue weighted by molar-refractivity contribution is -0.114. The fourth-order valence-electron chi connectivity index (χ4n) is 4.74. The molecule has 0 aromatic carbocycles. The predicted molar refractivity (Wildman–Crippen MR) is 87.5 cm³/mol. The molecule has 0 aromatic heterocycles. The standard InChI is InChI=1S/C18H34N2O/c1-4-21-17-11-16(18(17,2)3)19-12-14-10-9-13-7-5-6-8-15(13)20-14/h13-17,19-20H,4-12H2,1-3H3. The molecule has 0 radical (unpaired) electrons. The number of hydrogen-bond acceptors (Lipinski definition) is 3. The van der Waals surface area contributed by atoms with Gasteiger partial charge in [0, 0.05) is 36.7 Å². The molecule has 1 heterocycles. The van der Waals surface area contributed by atoms with Gasteiger partial charge in [-0.3, -0.25) is 0 Å². The van der Waals surface area contributed by atoms with E-state index in [1.807, 2.05) is 0 Å². The van der Waals surface area contributed by atoms with Gasteiger partial charge in [0.2, 0.25) is 0 Å². The van der Waals surface area contributed by atoms with Crippen molar-refractivity contribution in [3.05, 3.63) is 0 Å². The number of ether oxygens (including phenoxy) is 1. The summed E-state index contributed by atoms with van der Waals surface area (Å²) in [6.07, 6.45) is 10.2. The highest BCUT2D eigenvalue weighted by Crippen LogP contribution is 2.42. The molecule has 122 valence electrons. The first-order valence-electron chi connectivity index (χ1n) is 9.22. The summed E-state index contributed by atoms with van der Waals surface area (Å²) in [5.74, 6) is 0.970. The average molecular weight is 294 g/mol. The number of nitrogens with one attached hydrogen (secondary N) is 2. The largest absolute Gasteiger partial charge is 0.378 e. The summed E-state index contributed by atoms with van der Waals surface area (Å²) < 4.78 is 5.83. The molecule has 3 nitrogen and oxygen atoms in total. The number of piperidine rings is 1. The van der Waals surface area contributed by atoms with Gasteiger partial charge in [0.15, 0.2) is 0 Å². The van der Waals surface area contributed by atoms with Crippen molar-refractivity contribution in [2.75, 3.05) is 13.2 Å². The molecule has 0 spiro atoms. The van der Waals surface area contributed by atoms with Crippen LogP contribution in [-0.4, -0.2) is 37.4 Å². The van der Waals surface area contributed by atoms with Crippen LogP contribution in [0.4, 0.5) is 0 Å². The van der Waals surface area contributed by atoms with Gasteiger partial charge in [0.1, 0.15) is 0 Å². The molecule has 1 aliphatic heterocycles. The fraction of sp³-hybridized carbons (Fsp3) is 1.00. The van der Waals surface area contributed by atoms with Crippen LogP contribution >= 0.6 is 0 Å². The Kier molecular flexibility index (Phi) is 4.92. The van der Waals surface area contributed by atoms with Crippen LogP contribution in [0, 0.1) is 11.3 Å². The third kappa shape index (κ3) is 3.30. The zero-order valence-electron chi connectivity index (χ0n) is 14.2. The summed E-state index contributed by atoms with van der Waals surface area (Å²) >= 11 is 0. The molecule has 2 aliphatic carbocycles. The third-order valence-electron chi connectivity index (χ3n) is 6.40. The molecular formula is C18H34N2O. The van der Waals surface area contributed by atoms with E-state index >= 15 is 0 Å². The van der Waals surface area contributed by atoms with Gasteiger partial charge < -0.3 is 15.4 Å². The first kappa shape index (κ1) is 15.8. The SMILES string of the molecule is CCOC1CC(NCC2CCC3CCCCC3N2)C1(C)C. The maximum Gasteiger partial charge on any atom is 0.0655 e. The van der Waals surface area contributed by atoms with Crippen LogP contribution in [0.25, 0.3) is 0 Å². The molecule has 0 bridgehead atoms. The highest BCUT2D eigenvalue weighted by Gasteiger charge is 2.48. The summed E-state index contributed by atoms with van der Waals surface area (Å²) in [5.41, 5.74) is 0.290. The number of rotatable bonds is 5. The van der Waals surface area contributed by atoms with Crippen molar-refractivity contribution in [1.82, 2.24) is 10.6 Å². The van der Waals surface area contributed by atoms with Crippen LogP contribution in [0.5, 0.6) is 0 Å². The van der Waals surface area contributed by atoms with E-state index in [2.05, 4.69) is 31.4 Å². The Balaban J connectivity index is 1.42. The van der Waals surface area contributed by atoms with Crippen molar-refractivity contribution >= 4 is 0 Å². The lowest BCUT2D eigenvalue weighted by Gasteiger charge is -2.52. The molecule has 1 saturated heterocycles. The van der Waals surface area contributed by atoms with Crippen molar-refractivity contribution in [1.29, 1.82) is 0 Å². The van der Waals surface area contributed by atoms with Crippen molar-refractivity contribution < 1.29 is 4.74 Å². The Bertz CT molecular complexity index is 344. The van der Waals surface area contributed by atoms with Crippen LogP contribution in [0.15, 0.2) is 0 Å². The summed E-state index contributed by atoms with van der Waals surface area (Å²) in [5, 5.41) is 7.75. The van der Waals surface area contributed by atoms with Crippen molar-refractivity contribution in [3.63, 3.8) is 0 Å². The highest BCUT2D eigenvalue weighted by atomic mass is 16.5. The van der Waals surface area contributed by atoms with Crippen LogP contribution in [-0.2, 0) is 4.74 Å². The zero-order chi connectivity index (χ0) is 14.9. The van der Waals surface area contributed by atoms with Crippen LogP contribution in [0.3, 0.4) is 0 Å². The predicted octanol–water partition coefficient (Wildman–Crippen LogP) is 3.09. The Labute approximate surface area is 130 Å². The first-order chi connectivity index (χ1) is 10.1. The van der Waals surface area contributed by atoms with Crippen LogP contribution in [0.1, 0.15) is 65.7 Å². The molecule has 0 amide bonds. The molecule has 5 unspecified atom stereocenters. The van der Waals surface area contributed by atoms with Crippen molar-refractivity contribution in [2.45, 2.75) is 89.9 Å². The van der Waals surface area contributed by atoms with Crippen LogP contribution < -0.4 is 10.6 Å². The van der Waals surface area contributed by atoms with E-state index in [-0.39, 0.29) is 5.41 Å². The molecule has 3 aliphatic rings. The van der Waals surface area contributed by atoms with Gasteiger partial charge in [-0.05, 0) is 44.9 Å². The van der Waals surface area contributed by atoms with Gasteiger partial charge in [0.05, 0.1) is 6.10 Å². The average Bonchev–Trinajstić information content (AvgIpc) is 2.50. The minimum atomic E-state index is 0.290. The Morgan fingerprint density at radius 2 is 1.95 bits per heavy atom. The summed E-state index contributed by atoms with van der Waals surface area (Å²) in [6, 6.07) is 2.12. The van der Waals surface area contributed by atoms with Gasteiger partial charge in [-0.25, -0.2) is 0 Å². The Hall–Kier alpha value is -0.120.